The lowest BCUT2D eigenvalue weighted by Crippen LogP contribution is -2.18. The maximum Gasteiger partial charge on any atom is 0.123 e. The lowest BCUT2D eigenvalue weighted by atomic mass is 9.85. The molecule has 0 fully saturated rings. The van der Waals surface area contributed by atoms with E-state index in [1.165, 1.54) is 24.0 Å². The molecule has 0 saturated carbocycles. The fourth-order valence-electron chi connectivity index (χ4n) is 2.64. The number of hydrogen-bond acceptors (Lipinski definition) is 1. The van der Waals surface area contributed by atoms with Gasteiger partial charge in [-0.3, -0.25) is 0 Å². The zero-order valence-electron chi connectivity index (χ0n) is 11.8. The van der Waals surface area contributed by atoms with Crippen molar-refractivity contribution < 1.29 is 4.74 Å². The molecule has 2 atom stereocenters. The standard InChI is InChI=1S/C16H23ClO/c1-5-6-11(2)15(17)12-7-8-14-13(9-12)16(3,4)10-18-14/h7-9,11,15H,5-6,10H2,1-4H3. The average molecular weight is 267 g/mol. The van der Waals surface area contributed by atoms with Crippen LogP contribution in [0.1, 0.15) is 57.0 Å². The van der Waals surface area contributed by atoms with Crippen LogP contribution in [0.15, 0.2) is 18.2 Å². The second-order valence-corrected chi connectivity index (χ2v) is 6.57. The number of alkyl halides is 1. The molecule has 0 amide bonds. The lowest BCUT2D eigenvalue weighted by Gasteiger charge is -2.20. The van der Waals surface area contributed by atoms with E-state index in [1.807, 2.05) is 0 Å². The molecule has 0 aliphatic carbocycles. The predicted molar refractivity (Wildman–Crippen MR) is 77.6 cm³/mol. The van der Waals surface area contributed by atoms with Gasteiger partial charge >= 0.3 is 0 Å². The molecule has 0 radical (unpaired) electrons. The highest BCUT2D eigenvalue weighted by Gasteiger charge is 2.32. The normalized spacial score (nSPS) is 20.1. The Labute approximate surface area is 115 Å². The van der Waals surface area contributed by atoms with Gasteiger partial charge in [0.15, 0.2) is 0 Å². The monoisotopic (exact) mass is 266 g/mol. The highest BCUT2D eigenvalue weighted by Crippen LogP contribution is 2.41. The van der Waals surface area contributed by atoms with Crippen LogP contribution in [-0.2, 0) is 5.41 Å². The third-order valence-corrected chi connectivity index (χ3v) is 4.57. The highest BCUT2D eigenvalue weighted by atomic mass is 35.5. The minimum Gasteiger partial charge on any atom is -0.492 e. The summed E-state index contributed by atoms with van der Waals surface area (Å²) in [5, 5.41) is 0.103. The zero-order valence-corrected chi connectivity index (χ0v) is 12.6. The smallest absolute Gasteiger partial charge is 0.123 e. The van der Waals surface area contributed by atoms with E-state index in [1.54, 1.807) is 0 Å². The molecule has 2 unspecified atom stereocenters. The fourth-order valence-corrected chi connectivity index (χ4v) is 2.90. The molecular formula is C16H23ClO. The summed E-state index contributed by atoms with van der Waals surface area (Å²) in [5.41, 5.74) is 2.64. The van der Waals surface area contributed by atoms with Gasteiger partial charge in [-0.15, -0.1) is 11.6 Å². The molecule has 1 heterocycles. The van der Waals surface area contributed by atoms with Crippen LogP contribution in [0.2, 0.25) is 0 Å². The zero-order chi connectivity index (χ0) is 13.3. The molecule has 1 aliphatic heterocycles. The summed E-state index contributed by atoms with van der Waals surface area (Å²) in [6.07, 6.45) is 2.36. The van der Waals surface area contributed by atoms with Gasteiger partial charge < -0.3 is 4.74 Å². The second-order valence-electron chi connectivity index (χ2n) is 6.10. The van der Waals surface area contributed by atoms with Crippen molar-refractivity contribution in [1.29, 1.82) is 0 Å². The molecule has 0 spiro atoms. The van der Waals surface area contributed by atoms with Gasteiger partial charge in [-0.25, -0.2) is 0 Å². The van der Waals surface area contributed by atoms with E-state index in [9.17, 15) is 0 Å². The fraction of sp³-hybridized carbons (Fsp3) is 0.625. The Bertz CT molecular complexity index is 425. The molecule has 1 nitrogen and oxygen atoms in total. The van der Waals surface area contributed by atoms with Crippen LogP contribution in [0.25, 0.3) is 0 Å². The van der Waals surface area contributed by atoms with Crippen LogP contribution in [-0.4, -0.2) is 6.61 Å². The van der Waals surface area contributed by atoms with Crippen LogP contribution in [0, 0.1) is 5.92 Å². The Morgan fingerprint density at radius 1 is 1.39 bits per heavy atom. The van der Waals surface area contributed by atoms with Crippen molar-refractivity contribution in [3.63, 3.8) is 0 Å². The molecule has 0 bridgehead atoms. The largest absolute Gasteiger partial charge is 0.492 e. The van der Waals surface area contributed by atoms with Gasteiger partial charge in [-0.2, -0.15) is 0 Å². The van der Waals surface area contributed by atoms with E-state index in [2.05, 4.69) is 45.9 Å². The Morgan fingerprint density at radius 3 is 2.78 bits per heavy atom. The molecule has 18 heavy (non-hydrogen) atoms. The lowest BCUT2D eigenvalue weighted by molar-refractivity contribution is 0.291. The van der Waals surface area contributed by atoms with Gasteiger partial charge in [-0.1, -0.05) is 40.2 Å². The first kappa shape index (κ1) is 13.7. The summed E-state index contributed by atoms with van der Waals surface area (Å²) in [7, 11) is 0. The van der Waals surface area contributed by atoms with Crippen LogP contribution >= 0.6 is 11.6 Å². The van der Waals surface area contributed by atoms with Gasteiger partial charge in [0.05, 0.1) is 12.0 Å². The molecule has 0 aromatic heterocycles. The summed E-state index contributed by atoms with van der Waals surface area (Å²) in [4.78, 5) is 0. The SMILES string of the molecule is CCCC(C)C(Cl)c1ccc2c(c1)C(C)(C)CO2. The second kappa shape index (κ2) is 5.13. The van der Waals surface area contributed by atoms with Crippen LogP contribution in [0.4, 0.5) is 0 Å². The highest BCUT2D eigenvalue weighted by molar-refractivity contribution is 6.21. The summed E-state index contributed by atoms with van der Waals surface area (Å²) < 4.78 is 5.71. The van der Waals surface area contributed by atoms with Crippen LogP contribution in [0.5, 0.6) is 5.75 Å². The van der Waals surface area contributed by atoms with Crippen molar-refractivity contribution in [2.24, 2.45) is 5.92 Å². The Morgan fingerprint density at radius 2 is 2.11 bits per heavy atom. The van der Waals surface area contributed by atoms with Gasteiger partial charge in [-0.05, 0) is 30.0 Å². The molecule has 0 saturated heterocycles. The van der Waals surface area contributed by atoms with E-state index < -0.39 is 0 Å². The van der Waals surface area contributed by atoms with Crippen molar-refractivity contribution in [1.82, 2.24) is 0 Å². The Balaban J connectivity index is 2.26. The molecule has 2 rings (SSSR count). The number of hydrogen-bond donors (Lipinski definition) is 0. The van der Waals surface area contributed by atoms with Crippen LogP contribution < -0.4 is 4.74 Å². The third kappa shape index (κ3) is 2.51. The van der Waals surface area contributed by atoms with E-state index in [0.717, 1.165) is 12.4 Å². The quantitative estimate of drug-likeness (QED) is 0.691. The summed E-state index contributed by atoms with van der Waals surface area (Å²) in [6, 6.07) is 6.43. The molecule has 1 aromatic rings. The number of ether oxygens (including phenoxy) is 1. The summed E-state index contributed by atoms with van der Waals surface area (Å²) >= 11 is 6.59. The molecule has 2 heteroatoms. The van der Waals surface area contributed by atoms with Gasteiger partial charge in [0, 0.05) is 11.0 Å². The molecule has 1 aromatic carbocycles. The van der Waals surface area contributed by atoms with Gasteiger partial charge in [0.1, 0.15) is 5.75 Å². The van der Waals surface area contributed by atoms with Crippen molar-refractivity contribution in [3.8, 4) is 5.75 Å². The van der Waals surface area contributed by atoms with Crippen molar-refractivity contribution in [2.75, 3.05) is 6.61 Å². The topological polar surface area (TPSA) is 9.23 Å². The van der Waals surface area contributed by atoms with E-state index in [-0.39, 0.29) is 10.8 Å². The van der Waals surface area contributed by atoms with Gasteiger partial charge in [0.25, 0.3) is 0 Å². The third-order valence-electron chi connectivity index (χ3n) is 3.88. The average Bonchev–Trinajstić information content (AvgIpc) is 2.64. The predicted octanol–water partition coefficient (Wildman–Crippen LogP) is 5.07. The Hall–Kier alpha value is -0.690. The van der Waals surface area contributed by atoms with Crippen LogP contribution in [0.3, 0.4) is 0 Å². The summed E-state index contributed by atoms with van der Waals surface area (Å²) in [6.45, 7) is 9.65. The van der Waals surface area contributed by atoms with Gasteiger partial charge in [0.2, 0.25) is 0 Å². The van der Waals surface area contributed by atoms with Crippen molar-refractivity contribution in [2.45, 2.75) is 51.3 Å². The Kier molecular flexibility index (Phi) is 3.91. The maximum atomic E-state index is 6.59. The van der Waals surface area contributed by atoms with Crippen molar-refractivity contribution in [3.05, 3.63) is 29.3 Å². The molecule has 0 N–H and O–H groups in total. The molecule has 100 valence electrons. The number of halogens is 1. The minimum absolute atomic E-state index is 0.103. The summed E-state index contributed by atoms with van der Waals surface area (Å²) in [5.74, 6) is 1.54. The first-order chi connectivity index (χ1) is 8.45. The van der Waals surface area contributed by atoms with E-state index >= 15 is 0 Å². The number of benzene rings is 1. The number of fused-ring (bicyclic) bond motifs is 1. The minimum atomic E-state index is 0.103. The van der Waals surface area contributed by atoms with E-state index in [0.29, 0.717) is 5.92 Å². The maximum absolute atomic E-state index is 6.59. The first-order valence-corrected chi connectivity index (χ1v) is 7.30. The molecular weight excluding hydrogens is 244 g/mol. The molecule has 1 aliphatic rings. The number of rotatable bonds is 4. The first-order valence-electron chi connectivity index (χ1n) is 6.87. The van der Waals surface area contributed by atoms with Crippen molar-refractivity contribution >= 4 is 11.6 Å². The van der Waals surface area contributed by atoms with E-state index in [4.69, 9.17) is 16.3 Å².